The first-order chi connectivity index (χ1) is 11.8. The Morgan fingerprint density at radius 2 is 2.16 bits per heavy atom. The van der Waals surface area contributed by atoms with Crippen LogP contribution in [-0.4, -0.2) is 41.6 Å². The first-order valence-electron chi connectivity index (χ1n) is 8.03. The fraction of sp³-hybridized carbons (Fsp3) is 0.421. The Balaban J connectivity index is 2.52. The summed E-state index contributed by atoms with van der Waals surface area (Å²) in [7, 11) is 0. The lowest BCUT2D eigenvalue weighted by molar-refractivity contribution is -0.153. The molecule has 25 heavy (non-hydrogen) atoms. The molecule has 1 fully saturated rings. The molecule has 1 saturated heterocycles. The number of hydrogen-bond donors (Lipinski definition) is 1. The van der Waals surface area contributed by atoms with Crippen molar-refractivity contribution in [2.45, 2.75) is 45.0 Å². The molecule has 0 unspecified atom stereocenters. The number of aldehydes is 1. The van der Waals surface area contributed by atoms with Crippen molar-refractivity contribution in [3.63, 3.8) is 0 Å². The second kappa shape index (κ2) is 7.61. The third-order valence-corrected chi connectivity index (χ3v) is 4.36. The predicted octanol–water partition coefficient (Wildman–Crippen LogP) is 1.80. The number of fused-ring (bicyclic) bond motifs is 1. The van der Waals surface area contributed by atoms with Crippen LogP contribution in [0, 0.1) is 5.92 Å². The zero-order valence-electron chi connectivity index (χ0n) is 14.4. The van der Waals surface area contributed by atoms with E-state index >= 15 is 0 Å². The van der Waals surface area contributed by atoms with Crippen LogP contribution >= 0.6 is 0 Å². The number of aliphatic hydroxyl groups is 1. The highest BCUT2D eigenvalue weighted by Gasteiger charge is 2.47. The van der Waals surface area contributed by atoms with Gasteiger partial charge in [-0.3, -0.25) is 4.79 Å². The highest BCUT2D eigenvalue weighted by molar-refractivity contribution is 5.92. The molecule has 0 aromatic rings. The molecule has 0 aromatic heterocycles. The van der Waals surface area contributed by atoms with E-state index in [0.29, 0.717) is 19.1 Å². The summed E-state index contributed by atoms with van der Waals surface area (Å²) in [4.78, 5) is 35.4. The monoisotopic (exact) mass is 346 g/mol. The molecule has 0 saturated carbocycles. The third kappa shape index (κ3) is 3.96. The zero-order chi connectivity index (χ0) is 18.7. The van der Waals surface area contributed by atoms with Gasteiger partial charge in [0.15, 0.2) is 0 Å². The molecule has 0 bridgehead atoms. The standard InChI is InChI=1S/C19H22O6/c1-10(2)18(22)25-17-15-12(4)19(23)24-14(15)8-11(3)6-5-7-13(9-20)16(17)21/h7-9,14-17,21H,1,4-6H2,2-3H3/b11-8+,13-7-/t14-,15+,16+,17+/m1/s1. The van der Waals surface area contributed by atoms with Gasteiger partial charge in [-0.2, -0.15) is 0 Å². The maximum absolute atomic E-state index is 12.0. The smallest absolute Gasteiger partial charge is 0.334 e. The highest BCUT2D eigenvalue weighted by Crippen LogP contribution is 2.36. The number of aliphatic hydroxyl groups excluding tert-OH is 1. The molecule has 0 radical (unpaired) electrons. The maximum atomic E-state index is 12.0. The molecule has 2 aliphatic rings. The summed E-state index contributed by atoms with van der Waals surface area (Å²) in [6, 6.07) is 0. The van der Waals surface area contributed by atoms with Crippen LogP contribution in [0.1, 0.15) is 26.7 Å². The van der Waals surface area contributed by atoms with E-state index in [2.05, 4.69) is 13.2 Å². The molecular formula is C19H22O6. The van der Waals surface area contributed by atoms with Crippen LogP contribution < -0.4 is 0 Å². The first kappa shape index (κ1) is 18.9. The Kier molecular flexibility index (Phi) is 5.74. The SMILES string of the molecule is C=C(C)C(=O)O[C@H]1[C@H]2C(=C)C(=O)O[C@@H]2/C=C(\C)CC/C=C(/C=O)[C@@H]1O. The fourth-order valence-corrected chi connectivity index (χ4v) is 2.95. The van der Waals surface area contributed by atoms with E-state index in [1.165, 1.54) is 6.92 Å². The van der Waals surface area contributed by atoms with Crippen LogP contribution in [-0.2, 0) is 23.9 Å². The summed E-state index contributed by atoms with van der Waals surface area (Å²) >= 11 is 0. The summed E-state index contributed by atoms with van der Waals surface area (Å²) in [5, 5.41) is 10.7. The van der Waals surface area contributed by atoms with Gasteiger partial charge in [0.05, 0.1) is 5.92 Å². The van der Waals surface area contributed by atoms with Crippen molar-refractivity contribution < 1.29 is 29.0 Å². The van der Waals surface area contributed by atoms with Crippen LogP contribution in [0.5, 0.6) is 0 Å². The van der Waals surface area contributed by atoms with Gasteiger partial charge in [0.2, 0.25) is 0 Å². The second-order valence-corrected chi connectivity index (χ2v) is 6.39. The van der Waals surface area contributed by atoms with Gasteiger partial charge >= 0.3 is 11.9 Å². The maximum Gasteiger partial charge on any atom is 0.334 e. The minimum Gasteiger partial charge on any atom is -0.455 e. The summed E-state index contributed by atoms with van der Waals surface area (Å²) in [5.41, 5.74) is 1.29. The quantitative estimate of drug-likeness (QED) is 0.363. The molecule has 1 aliphatic heterocycles. The zero-order valence-corrected chi connectivity index (χ0v) is 14.4. The van der Waals surface area contributed by atoms with Crippen LogP contribution in [0.4, 0.5) is 0 Å². The van der Waals surface area contributed by atoms with Crippen LogP contribution in [0.2, 0.25) is 0 Å². The first-order valence-corrected chi connectivity index (χ1v) is 8.03. The van der Waals surface area contributed by atoms with Gasteiger partial charge in [0, 0.05) is 16.7 Å². The Labute approximate surface area is 146 Å². The number of carbonyl (C=O) groups is 3. The van der Waals surface area contributed by atoms with E-state index in [0.717, 1.165) is 5.57 Å². The van der Waals surface area contributed by atoms with Crippen LogP contribution in [0.25, 0.3) is 0 Å². The molecule has 0 spiro atoms. The van der Waals surface area contributed by atoms with Crippen molar-refractivity contribution >= 4 is 18.2 Å². The van der Waals surface area contributed by atoms with E-state index in [4.69, 9.17) is 9.47 Å². The largest absolute Gasteiger partial charge is 0.455 e. The second-order valence-electron chi connectivity index (χ2n) is 6.39. The van der Waals surface area contributed by atoms with E-state index < -0.39 is 36.2 Å². The molecule has 1 heterocycles. The minimum absolute atomic E-state index is 0.0958. The van der Waals surface area contributed by atoms with E-state index in [1.54, 1.807) is 12.2 Å². The molecule has 6 nitrogen and oxygen atoms in total. The van der Waals surface area contributed by atoms with Crippen molar-refractivity contribution in [3.05, 3.63) is 47.6 Å². The summed E-state index contributed by atoms with van der Waals surface area (Å²) in [6.45, 7) is 10.6. The number of rotatable bonds is 3. The van der Waals surface area contributed by atoms with Crippen LogP contribution in [0.3, 0.4) is 0 Å². The summed E-state index contributed by atoms with van der Waals surface area (Å²) in [6.07, 6.45) is 1.78. The number of hydrogen-bond acceptors (Lipinski definition) is 6. The highest BCUT2D eigenvalue weighted by atomic mass is 16.6. The van der Waals surface area contributed by atoms with Gasteiger partial charge in [0.1, 0.15) is 24.6 Å². The van der Waals surface area contributed by atoms with Crippen molar-refractivity contribution in [1.29, 1.82) is 0 Å². The summed E-state index contributed by atoms with van der Waals surface area (Å²) < 4.78 is 10.7. The Morgan fingerprint density at radius 3 is 2.76 bits per heavy atom. The average molecular weight is 346 g/mol. The van der Waals surface area contributed by atoms with Gasteiger partial charge in [-0.1, -0.05) is 24.8 Å². The van der Waals surface area contributed by atoms with E-state index in [9.17, 15) is 19.5 Å². The number of ether oxygens (including phenoxy) is 2. The van der Waals surface area contributed by atoms with Crippen molar-refractivity contribution in [3.8, 4) is 0 Å². The Hall–Kier alpha value is -2.47. The van der Waals surface area contributed by atoms with Gasteiger partial charge in [-0.15, -0.1) is 0 Å². The number of allylic oxidation sites excluding steroid dienone is 2. The van der Waals surface area contributed by atoms with Gasteiger partial charge in [0.25, 0.3) is 0 Å². The molecule has 1 aliphatic carbocycles. The Bertz CT molecular complexity index is 684. The number of esters is 2. The minimum atomic E-state index is -1.40. The normalized spacial score (nSPS) is 33.9. The molecule has 6 heteroatoms. The molecular weight excluding hydrogens is 324 g/mol. The van der Waals surface area contributed by atoms with E-state index in [1.807, 2.05) is 6.92 Å². The molecule has 1 N–H and O–H groups in total. The van der Waals surface area contributed by atoms with Gasteiger partial charge in [-0.25, -0.2) is 9.59 Å². The van der Waals surface area contributed by atoms with E-state index in [-0.39, 0.29) is 16.7 Å². The van der Waals surface area contributed by atoms with Gasteiger partial charge in [-0.05, 0) is 32.8 Å². The molecule has 0 aromatic carbocycles. The fourth-order valence-electron chi connectivity index (χ4n) is 2.95. The number of carbonyl (C=O) groups excluding carboxylic acids is 3. The lowest BCUT2D eigenvalue weighted by Crippen LogP contribution is -2.43. The van der Waals surface area contributed by atoms with Crippen molar-refractivity contribution in [1.82, 2.24) is 0 Å². The molecule has 0 amide bonds. The third-order valence-electron chi connectivity index (χ3n) is 4.36. The lowest BCUT2D eigenvalue weighted by Gasteiger charge is -2.30. The molecule has 4 atom stereocenters. The lowest BCUT2D eigenvalue weighted by atomic mass is 9.84. The topological polar surface area (TPSA) is 89.9 Å². The molecule has 2 rings (SSSR count). The Morgan fingerprint density at radius 1 is 1.48 bits per heavy atom. The van der Waals surface area contributed by atoms with Crippen molar-refractivity contribution in [2.75, 3.05) is 0 Å². The summed E-state index contributed by atoms with van der Waals surface area (Å²) in [5.74, 6) is -2.13. The predicted molar refractivity (Wildman–Crippen MR) is 90.3 cm³/mol. The van der Waals surface area contributed by atoms with Crippen LogP contribution in [0.15, 0.2) is 47.6 Å². The van der Waals surface area contributed by atoms with Crippen molar-refractivity contribution in [2.24, 2.45) is 5.92 Å². The average Bonchev–Trinajstić information content (AvgIpc) is 2.82. The molecule has 134 valence electrons. The van der Waals surface area contributed by atoms with Gasteiger partial charge < -0.3 is 14.6 Å².